The van der Waals surface area contributed by atoms with Gasteiger partial charge in [-0.3, -0.25) is 4.79 Å². The third-order valence-corrected chi connectivity index (χ3v) is 2.38. The Hall–Kier alpha value is -0.610. The van der Waals surface area contributed by atoms with Gasteiger partial charge >= 0.3 is 0 Å². The molecule has 0 aromatic rings. The number of hydrogen-bond acceptors (Lipinski definition) is 3. The maximum atomic E-state index is 11.8. The first-order chi connectivity index (χ1) is 6.79. The topological polar surface area (TPSA) is 49.8 Å². The number of hydrogen-bond donors (Lipinski definition) is 1. The van der Waals surface area contributed by atoms with E-state index in [1.165, 1.54) is 0 Å². The Kier molecular flexibility index (Phi) is 4.90. The zero-order chi connectivity index (χ0) is 10.4. The lowest BCUT2D eigenvalue weighted by Gasteiger charge is -2.23. The van der Waals surface area contributed by atoms with Crippen molar-refractivity contribution in [1.29, 1.82) is 0 Å². The quantitative estimate of drug-likeness (QED) is 0.700. The van der Waals surface area contributed by atoms with E-state index >= 15 is 0 Å². The summed E-state index contributed by atoms with van der Waals surface area (Å²) in [7, 11) is 0. The van der Waals surface area contributed by atoms with E-state index in [0.29, 0.717) is 19.7 Å². The average molecular weight is 201 g/mol. The van der Waals surface area contributed by atoms with Crippen LogP contribution in [0.4, 0.5) is 0 Å². The first-order valence-corrected chi connectivity index (χ1v) is 5.30. The van der Waals surface area contributed by atoms with Gasteiger partial charge in [0.1, 0.15) is 6.10 Å². The number of nitrogens with zero attached hydrogens (tertiary/aromatic N) is 1. The summed E-state index contributed by atoms with van der Waals surface area (Å²) in [5.74, 6) is 0.0402. The minimum absolute atomic E-state index is 0.0262. The summed E-state index contributed by atoms with van der Waals surface area (Å²) in [5, 5.41) is 8.82. The van der Waals surface area contributed by atoms with Crippen LogP contribution in [-0.4, -0.2) is 48.3 Å². The van der Waals surface area contributed by atoms with Gasteiger partial charge in [0.05, 0.1) is 6.61 Å². The summed E-state index contributed by atoms with van der Waals surface area (Å²) in [6, 6.07) is 0. The van der Waals surface area contributed by atoms with Crippen LogP contribution in [0.15, 0.2) is 0 Å². The fourth-order valence-corrected chi connectivity index (χ4v) is 1.70. The Bertz CT molecular complexity index is 172. The Morgan fingerprint density at radius 2 is 2.36 bits per heavy atom. The van der Waals surface area contributed by atoms with E-state index in [1.807, 2.05) is 6.92 Å². The third-order valence-electron chi connectivity index (χ3n) is 2.38. The standard InChI is InChI=1S/C10H19NO3/c1-2-5-11(6-7-12)10(13)9-4-3-8-14-9/h9,12H,2-8H2,1H3. The van der Waals surface area contributed by atoms with E-state index in [0.717, 1.165) is 19.3 Å². The smallest absolute Gasteiger partial charge is 0.251 e. The molecule has 1 saturated heterocycles. The first kappa shape index (κ1) is 11.5. The van der Waals surface area contributed by atoms with Crippen LogP contribution < -0.4 is 0 Å². The SMILES string of the molecule is CCCN(CCO)C(=O)C1CCCO1. The molecule has 4 nitrogen and oxygen atoms in total. The normalized spacial score (nSPS) is 21.1. The molecular weight excluding hydrogens is 182 g/mol. The zero-order valence-electron chi connectivity index (χ0n) is 8.74. The molecule has 1 unspecified atom stereocenters. The summed E-state index contributed by atoms with van der Waals surface area (Å²) in [4.78, 5) is 13.5. The molecule has 1 aliphatic rings. The lowest BCUT2D eigenvalue weighted by Crippen LogP contribution is -2.40. The van der Waals surface area contributed by atoms with Gasteiger partial charge in [-0.25, -0.2) is 0 Å². The van der Waals surface area contributed by atoms with Crippen LogP contribution in [0, 0.1) is 0 Å². The van der Waals surface area contributed by atoms with Crippen molar-refractivity contribution in [2.24, 2.45) is 0 Å². The van der Waals surface area contributed by atoms with Crippen molar-refractivity contribution >= 4 is 5.91 Å². The number of rotatable bonds is 5. The molecule has 1 aliphatic heterocycles. The van der Waals surface area contributed by atoms with Crippen LogP contribution >= 0.6 is 0 Å². The van der Waals surface area contributed by atoms with E-state index in [1.54, 1.807) is 4.90 Å². The molecule has 1 N–H and O–H groups in total. The van der Waals surface area contributed by atoms with Crippen molar-refractivity contribution in [3.63, 3.8) is 0 Å². The van der Waals surface area contributed by atoms with Gasteiger partial charge in [-0.2, -0.15) is 0 Å². The van der Waals surface area contributed by atoms with Crippen molar-refractivity contribution in [2.75, 3.05) is 26.3 Å². The average Bonchev–Trinajstić information content (AvgIpc) is 2.69. The van der Waals surface area contributed by atoms with Gasteiger partial charge in [-0.15, -0.1) is 0 Å². The van der Waals surface area contributed by atoms with E-state index in [4.69, 9.17) is 9.84 Å². The molecule has 1 rings (SSSR count). The number of aliphatic hydroxyl groups is 1. The summed E-state index contributed by atoms with van der Waals surface area (Å²) < 4.78 is 5.32. The van der Waals surface area contributed by atoms with Crippen molar-refractivity contribution < 1.29 is 14.6 Å². The molecule has 0 bridgehead atoms. The number of aliphatic hydroxyl groups excluding tert-OH is 1. The second kappa shape index (κ2) is 5.98. The van der Waals surface area contributed by atoms with E-state index in [2.05, 4.69) is 0 Å². The fraction of sp³-hybridized carbons (Fsp3) is 0.900. The molecule has 0 saturated carbocycles. The van der Waals surface area contributed by atoms with E-state index < -0.39 is 0 Å². The molecule has 1 heterocycles. The second-order valence-corrected chi connectivity index (χ2v) is 3.55. The fourth-order valence-electron chi connectivity index (χ4n) is 1.70. The first-order valence-electron chi connectivity index (χ1n) is 5.30. The van der Waals surface area contributed by atoms with Gasteiger partial charge < -0.3 is 14.7 Å². The molecule has 1 atom stereocenters. The van der Waals surface area contributed by atoms with Crippen molar-refractivity contribution in [3.05, 3.63) is 0 Å². The highest BCUT2D eigenvalue weighted by molar-refractivity contribution is 5.81. The number of amides is 1. The lowest BCUT2D eigenvalue weighted by atomic mass is 10.2. The molecule has 0 aliphatic carbocycles. The van der Waals surface area contributed by atoms with E-state index in [-0.39, 0.29) is 18.6 Å². The Labute approximate surface area is 84.8 Å². The van der Waals surface area contributed by atoms with Crippen molar-refractivity contribution in [3.8, 4) is 0 Å². The van der Waals surface area contributed by atoms with Crippen LogP contribution in [0.3, 0.4) is 0 Å². The minimum atomic E-state index is -0.256. The molecule has 0 aromatic carbocycles. The van der Waals surface area contributed by atoms with Crippen LogP contribution in [0.1, 0.15) is 26.2 Å². The molecular formula is C10H19NO3. The molecule has 0 radical (unpaired) electrons. The van der Waals surface area contributed by atoms with Crippen LogP contribution in [-0.2, 0) is 9.53 Å². The monoisotopic (exact) mass is 201 g/mol. The Morgan fingerprint density at radius 3 is 2.86 bits per heavy atom. The number of carbonyl (C=O) groups excluding carboxylic acids is 1. The van der Waals surface area contributed by atoms with Gasteiger partial charge in [0.15, 0.2) is 0 Å². The lowest BCUT2D eigenvalue weighted by molar-refractivity contribution is -0.141. The molecule has 4 heteroatoms. The zero-order valence-corrected chi connectivity index (χ0v) is 8.74. The summed E-state index contributed by atoms with van der Waals surface area (Å²) in [6.45, 7) is 3.87. The maximum absolute atomic E-state index is 11.8. The minimum Gasteiger partial charge on any atom is -0.395 e. The number of ether oxygens (including phenoxy) is 1. The van der Waals surface area contributed by atoms with Crippen molar-refractivity contribution in [2.45, 2.75) is 32.3 Å². The Morgan fingerprint density at radius 1 is 1.57 bits per heavy atom. The molecule has 14 heavy (non-hydrogen) atoms. The molecule has 1 fully saturated rings. The highest BCUT2D eigenvalue weighted by Gasteiger charge is 2.27. The molecule has 1 amide bonds. The van der Waals surface area contributed by atoms with Gasteiger partial charge in [-0.05, 0) is 19.3 Å². The predicted molar refractivity (Wildman–Crippen MR) is 52.9 cm³/mol. The summed E-state index contributed by atoms with van der Waals surface area (Å²) in [6.07, 6.45) is 2.45. The highest BCUT2D eigenvalue weighted by Crippen LogP contribution is 2.14. The summed E-state index contributed by atoms with van der Waals surface area (Å²) >= 11 is 0. The van der Waals surface area contributed by atoms with Gasteiger partial charge in [-0.1, -0.05) is 6.92 Å². The Balaban J connectivity index is 2.43. The number of carbonyl (C=O) groups is 1. The van der Waals surface area contributed by atoms with Gasteiger partial charge in [0.2, 0.25) is 0 Å². The second-order valence-electron chi connectivity index (χ2n) is 3.55. The van der Waals surface area contributed by atoms with Crippen LogP contribution in [0.5, 0.6) is 0 Å². The van der Waals surface area contributed by atoms with Gasteiger partial charge in [0, 0.05) is 19.7 Å². The van der Waals surface area contributed by atoms with Crippen LogP contribution in [0.2, 0.25) is 0 Å². The van der Waals surface area contributed by atoms with Crippen LogP contribution in [0.25, 0.3) is 0 Å². The van der Waals surface area contributed by atoms with E-state index in [9.17, 15) is 4.79 Å². The van der Waals surface area contributed by atoms with Gasteiger partial charge in [0.25, 0.3) is 5.91 Å². The third kappa shape index (κ3) is 2.96. The van der Waals surface area contributed by atoms with Crippen molar-refractivity contribution in [1.82, 2.24) is 4.90 Å². The maximum Gasteiger partial charge on any atom is 0.251 e. The molecule has 0 spiro atoms. The highest BCUT2D eigenvalue weighted by atomic mass is 16.5. The molecule has 0 aromatic heterocycles. The molecule has 82 valence electrons. The predicted octanol–water partition coefficient (Wildman–Crippen LogP) is 0.396. The largest absolute Gasteiger partial charge is 0.395 e. The summed E-state index contributed by atoms with van der Waals surface area (Å²) in [5.41, 5.74) is 0.